The van der Waals surface area contributed by atoms with Gasteiger partial charge in [0, 0.05) is 31.4 Å². The molecule has 0 saturated carbocycles. The second-order valence-electron chi connectivity index (χ2n) is 7.70. The number of nitrogens with zero attached hydrogens (tertiary/aromatic N) is 3. The van der Waals surface area contributed by atoms with Crippen molar-refractivity contribution in [3.8, 4) is 11.4 Å². The van der Waals surface area contributed by atoms with Gasteiger partial charge in [0.25, 0.3) is 5.56 Å². The Hall–Kier alpha value is -2.96. The molecule has 1 aliphatic heterocycles. The van der Waals surface area contributed by atoms with E-state index in [9.17, 15) is 9.59 Å². The molecule has 28 heavy (non-hydrogen) atoms. The van der Waals surface area contributed by atoms with Crippen molar-refractivity contribution < 1.29 is 9.32 Å². The van der Waals surface area contributed by atoms with Gasteiger partial charge < -0.3 is 14.4 Å². The van der Waals surface area contributed by atoms with Gasteiger partial charge in [-0.05, 0) is 48.8 Å². The Labute approximate surface area is 162 Å². The molecule has 1 atom stereocenters. The van der Waals surface area contributed by atoms with Gasteiger partial charge in [-0.15, -0.1) is 0 Å². The van der Waals surface area contributed by atoms with Crippen LogP contribution < -0.4 is 5.56 Å². The molecule has 2 aromatic heterocycles. The van der Waals surface area contributed by atoms with Crippen molar-refractivity contribution in [3.63, 3.8) is 0 Å². The first-order valence-corrected chi connectivity index (χ1v) is 9.74. The maximum Gasteiger partial charge on any atom is 0.259 e. The van der Waals surface area contributed by atoms with Gasteiger partial charge in [-0.2, -0.15) is 4.98 Å². The lowest BCUT2D eigenvalue weighted by molar-refractivity contribution is -0.132. The number of benzene rings is 1. The van der Waals surface area contributed by atoms with E-state index in [0.717, 1.165) is 36.0 Å². The van der Waals surface area contributed by atoms with Crippen molar-refractivity contribution in [3.05, 3.63) is 46.1 Å². The van der Waals surface area contributed by atoms with E-state index < -0.39 is 0 Å². The van der Waals surface area contributed by atoms with Crippen molar-refractivity contribution in [2.45, 2.75) is 39.5 Å². The summed E-state index contributed by atoms with van der Waals surface area (Å²) in [5.41, 5.74) is 1.95. The summed E-state index contributed by atoms with van der Waals surface area (Å²) < 4.78 is 5.28. The average Bonchev–Trinajstić information content (AvgIpc) is 3.14. The van der Waals surface area contributed by atoms with E-state index in [-0.39, 0.29) is 17.3 Å². The normalized spacial score (nSPS) is 17.2. The topological polar surface area (TPSA) is 92.1 Å². The van der Waals surface area contributed by atoms with E-state index in [1.165, 1.54) is 6.42 Å². The summed E-state index contributed by atoms with van der Waals surface area (Å²) in [6, 6.07) is 7.63. The Balaban J connectivity index is 1.48. The Bertz CT molecular complexity index is 1070. The van der Waals surface area contributed by atoms with Crippen LogP contribution in [0, 0.1) is 12.8 Å². The predicted molar refractivity (Wildman–Crippen MR) is 106 cm³/mol. The van der Waals surface area contributed by atoms with E-state index in [2.05, 4.69) is 22.0 Å². The van der Waals surface area contributed by atoms with Crippen LogP contribution in [0.1, 0.15) is 37.6 Å². The van der Waals surface area contributed by atoms with Crippen molar-refractivity contribution in [2.75, 3.05) is 13.1 Å². The highest BCUT2D eigenvalue weighted by molar-refractivity contribution is 5.82. The number of carbonyl (C=O) groups excluding carboxylic acids is 1. The Morgan fingerprint density at radius 3 is 3.04 bits per heavy atom. The number of H-pyrrole nitrogens is 1. The van der Waals surface area contributed by atoms with Crippen molar-refractivity contribution >= 4 is 16.8 Å². The number of pyridine rings is 1. The van der Waals surface area contributed by atoms with E-state index in [0.29, 0.717) is 30.2 Å². The molecule has 4 rings (SSSR count). The fourth-order valence-electron chi connectivity index (χ4n) is 3.73. The molecule has 1 fully saturated rings. The Kier molecular flexibility index (Phi) is 4.98. The smallest absolute Gasteiger partial charge is 0.259 e. The predicted octanol–water partition coefficient (Wildman–Crippen LogP) is 3.08. The van der Waals surface area contributed by atoms with Crippen LogP contribution in [0.4, 0.5) is 0 Å². The molecule has 1 aliphatic rings. The second-order valence-corrected chi connectivity index (χ2v) is 7.70. The molecule has 0 aliphatic carbocycles. The summed E-state index contributed by atoms with van der Waals surface area (Å²) >= 11 is 0. The number of carbonyl (C=O) groups is 1. The van der Waals surface area contributed by atoms with Crippen LogP contribution in [-0.4, -0.2) is 39.0 Å². The fourth-order valence-corrected chi connectivity index (χ4v) is 3.73. The van der Waals surface area contributed by atoms with Crippen LogP contribution >= 0.6 is 0 Å². The number of likely N-dealkylation sites (tertiary alicyclic amines) is 1. The number of fused-ring (bicyclic) bond motifs is 1. The number of aryl methyl sites for hydroxylation is 2. The summed E-state index contributed by atoms with van der Waals surface area (Å²) in [7, 11) is 0. The number of hydrogen-bond donors (Lipinski definition) is 1. The molecular weight excluding hydrogens is 356 g/mol. The van der Waals surface area contributed by atoms with Crippen molar-refractivity contribution in [1.29, 1.82) is 0 Å². The molecule has 1 saturated heterocycles. The van der Waals surface area contributed by atoms with Crippen molar-refractivity contribution in [2.24, 2.45) is 5.92 Å². The molecule has 7 nitrogen and oxygen atoms in total. The van der Waals surface area contributed by atoms with Gasteiger partial charge in [-0.1, -0.05) is 24.2 Å². The number of hydrogen-bond acceptors (Lipinski definition) is 5. The summed E-state index contributed by atoms with van der Waals surface area (Å²) in [5, 5.41) is 4.85. The van der Waals surface area contributed by atoms with Gasteiger partial charge in [0.15, 0.2) is 0 Å². The van der Waals surface area contributed by atoms with Crippen LogP contribution in [0.5, 0.6) is 0 Å². The molecular formula is C21H24N4O3. The molecule has 0 spiro atoms. The molecule has 1 aromatic carbocycles. The first-order valence-electron chi connectivity index (χ1n) is 9.74. The van der Waals surface area contributed by atoms with E-state index in [4.69, 9.17) is 4.52 Å². The van der Waals surface area contributed by atoms with Crippen LogP contribution in [0.15, 0.2) is 33.6 Å². The molecule has 1 unspecified atom stereocenters. The summed E-state index contributed by atoms with van der Waals surface area (Å²) in [6.07, 6.45) is 2.95. The highest BCUT2D eigenvalue weighted by atomic mass is 16.5. The molecule has 3 aromatic rings. The van der Waals surface area contributed by atoms with Crippen LogP contribution in [0.3, 0.4) is 0 Å². The third-order valence-electron chi connectivity index (χ3n) is 5.27. The first kappa shape index (κ1) is 18.4. The number of piperidine rings is 1. The van der Waals surface area contributed by atoms with Crippen molar-refractivity contribution in [1.82, 2.24) is 20.0 Å². The SMILES string of the molecule is Cc1ccc2cc(-c3noc(CCC(=O)N4CCCC(C)C4)n3)c(=O)[nH]c2c1. The average molecular weight is 380 g/mol. The lowest BCUT2D eigenvalue weighted by atomic mass is 10.00. The van der Waals surface area contributed by atoms with Crippen LogP contribution in [0.2, 0.25) is 0 Å². The fraction of sp³-hybridized carbons (Fsp3) is 0.429. The van der Waals surface area contributed by atoms with Gasteiger partial charge >= 0.3 is 0 Å². The minimum atomic E-state index is -0.260. The van der Waals surface area contributed by atoms with E-state index in [1.807, 2.05) is 30.0 Å². The quantitative estimate of drug-likeness (QED) is 0.751. The van der Waals surface area contributed by atoms with Gasteiger partial charge in [0.2, 0.25) is 17.6 Å². The number of rotatable bonds is 4. The second kappa shape index (κ2) is 7.58. The Morgan fingerprint density at radius 1 is 1.36 bits per heavy atom. The van der Waals surface area contributed by atoms with Gasteiger partial charge in [-0.25, -0.2) is 0 Å². The third kappa shape index (κ3) is 3.83. The largest absolute Gasteiger partial charge is 0.342 e. The lowest BCUT2D eigenvalue weighted by Gasteiger charge is -2.30. The maximum absolute atomic E-state index is 12.4. The Morgan fingerprint density at radius 2 is 2.21 bits per heavy atom. The molecule has 1 N–H and O–H groups in total. The molecule has 3 heterocycles. The standard InChI is InChI=1S/C21H24N4O3/c1-13-5-6-15-11-16(21(27)22-17(15)10-13)20-23-18(28-24-20)7-8-19(26)25-9-3-4-14(2)12-25/h5-6,10-11,14H,3-4,7-9,12H2,1-2H3,(H,22,27). The summed E-state index contributed by atoms with van der Waals surface area (Å²) in [6.45, 7) is 5.79. The minimum absolute atomic E-state index is 0.116. The molecule has 7 heteroatoms. The van der Waals surface area contributed by atoms with Gasteiger partial charge in [-0.3, -0.25) is 9.59 Å². The number of aromatic amines is 1. The minimum Gasteiger partial charge on any atom is -0.342 e. The number of nitrogens with one attached hydrogen (secondary N) is 1. The molecule has 0 radical (unpaired) electrons. The molecule has 146 valence electrons. The summed E-state index contributed by atoms with van der Waals surface area (Å²) in [4.78, 5) is 33.9. The zero-order chi connectivity index (χ0) is 19.7. The van der Waals surface area contributed by atoms with E-state index in [1.54, 1.807) is 6.07 Å². The van der Waals surface area contributed by atoms with Gasteiger partial charge in [0.05, 0.1) is 5.56 Å². The highest BCUT2D eigenvalue weighted by Crippen LogP contribution is 2.20. The maximum atomic E-state index is 12.4. The number of amides is 1. The zero-order valence-electron chi connectivity index (χ0n) is 16.2. The first-order chi connectivity index (χ1) is 13.5. The monoisotopic (exact) mass is 380 g/mol. The molecule has 1 amide bonds. The molecule has 0 bridgehead atoms. The van der Waals surface area contributed by atoms with Crippen LogP contribution in [0.25, 0.3) is 22.3 Å². The third-order valence-corrected chi connectivity index (χ3v) is 5.27. The zero-order valence-corrected chi connectivity index (χ0v) is 16.2. The highest BCUT2D eigenvalue weighted by Gasteiger charge is 2.21. The van der Waals surface area contributed by atoms with Gasteiger partial charge in [0.1, 0.15) is 0 Å². The lowest BCUT2D eigenvalue weighted by Crippen LogP contribution is -2.39. The number of aromatic nitrogens is 3. The summed E-state index contributed by atoms with van der Waals surface area (Å²) in [5.74, 6) is 1.29. The van der Waals surface area contributed by atoms with E-state index >= 15 is 0 Å². The van der Waals surface area contributed by atoms with Crippen LogP contribution in [-0.2, 0) is 11.2 Å².